The molecule has 1 amide bonds. The van der Waals surface area contributed by atoms with E-state index < -0.39 is 11.7 Å². The predicted octanol–water partition coefficient (Wildman–Crippen LogP) is 5.13. The van der Waals surface area contributed by atoms with Gasteiger partial charge in [-0.3, -0.25) is 9.20 Å². The molecule has 0 saturated heterocycles. The number of nitrogens with two attached hydrogens (primary N) is 1. The van der Waals surface area contributed by atoms with E-state index in [1.54, 1.807) is 22.6 Å². The topological polar surface area (TPSA) is 81.6 Å². The largest absolute Gasteiger partial charge is 0.483 e. The van der Waals surface area contributed by atoms with Gasteiger partial charge >= 0.3 is 0 Å². The molecule has 3 N–H and O–H groups in total. The summed E-state index contributed by atoms with van der Waals surface area (Å²) in [5.41, 5.74) is 9.96. The zero-order valence-electron chi connectivity index (χ0n) is 16.9. The molecule has 0 radical (unpaired) electrons. The molecule has 2 aromatic heterocycles. The fraction of sp³-hybridized carbons (Fsp3) is 0.130. The molecule has 0 aliphatic carbocycles. The van der Waals surface area contributed by atoms with E-state index in [1.807, 2.05) is 38.1 Å². The van der Waals surface area contributed by atoms with Gasteiger partial charge in [-0.25, -0.2) is 9.37 Å². The fourth-order valence-corrected chi connectivity index (χ4v) is 3.98. The summed E-state index contributed by atoms with van der Waals surface area (Å²) in [4.78, 5) is 16.0. The van der Waals surface area contributed by atoms with Crippen molar-refractivity contribution in [2.75, 3.05) is 11.9 Å². The van der Waals surface area contributed by atoms with Gasteiger partial charge in [-0.1, -0.05) is 24.3 Å². The first-order valence-electron chi connectivity index (χ1n) is 9.56. The van der Waals surface area contributed by atoms with Crippen molar-refractivity contribution in [2.24, 2.45) is 5.73 Å². The van der Waals surface area contributed by atoms with E-state index in [2.05, 4.69) is 21.2 Å². The maximum atomic E-state index is 14.1. The Hall–Kier alpha value is -3.39. The summed E-state index contributed by atoms with van der Waals surface area (Å²) >= 11 is 3.56. The first kappa shape index (κ1) is 20.9. The number of rotatable bonds is 6. The second kappa shape index (κ2) is 8.39. The maximum absolute atomic E-state index is 14.1. The number of amides is 1. The van der Waals surface area contributed by atoms with E-state index in [9.17, 15) is 9.18 Å². The van der Waals surface area contributed by atoms with Crippen molar-refractivity contribution in [2.45, 2.75) is 13.8 Å². The van der Waals surface area contributed by atoms with Crippen molar-refractivity contribution in [3.05, 3.63) is 76.1 Å². The molecular formula is C23H20BrFN4O2. The number of imidazole rings is 1. The van der Waals surface area contributed by atoms with Crippen LogP contribution >= 0.6 is 15.9 Å². The van der Waals surface area contributed by atoms with Crippen LogP contribution in [-0.4, -0.2) is 21.9 Å². The second-order valence-corrected chi connectivity index (χ2v) is 8.00. The number of aromatic nitrogens is 2. The third-order valence-corrected chi connectivity index (χ3v) is 5.55. The van der Waals surface area contributed by atoms with Gasteiger partial charge in [0.15, 0.2) is 6.61 Å². The normalized spacial score (nSPS) is 11.0. The molecule has 2 aromatic carbocycles. The van der Waals surface area contributed by atoms with Gasteiger partial charge in [-0.05, 0) is 65.2 Å². The molecule has 158 valence electrons. The predicted molar refractivity (Wildman–Crippen MR) is 122 cm³/mol. The summed E-state index contributed by atoms with van der Waals surface area (Å²) < 4.78 is 22.2. The van der Waals surface area contributed by atoms with Gasteiger partial charge in [0.2, 0.25) is 0 Å². The number of hydrogen-bond donors (Lipinski definition) is 2. The van der Waals surface area contributed by atoms with E-state index in [0.717, 1.165) is 16.8 Å². The Morgan fingerprint density at radius 2 is 1.87 bits per heavy atom. The molecule has 0 spiro atoms. The molecule has 4 rings (SSSR count). The average Bonchev–Trinajstić information content (AvgIpc) is 3.06. The average molecular weight is 483 g/mol. The molecule has 0 bridgehead atoms. The Labute approximate surface area is 187 Å². The first-order chi connectivity index (χ1) is 14.8. The van der Waals surface area contributed by atoms with Crippen LogP contribution in [0, 0.1) is 19.7 Å². The third kappa shape index (κ3) is 4.11. The SMILES string of the molecule is Cc1cccc(C)c1Nc1c(-c2c(Br)cccc2OCC(N)=O)nc2ccc(F)cn12. The van der Waals surface area contributed by atoms with Crippen LogP contribution in [-0.2, 0) is 4.79 Å². The van der Waals surface area contributed by atoms with Gasteiger partial charge in [0.05, 0.1) is 5.56 Å². The lowest BCUT2D eigenvalue weighted by Gasteiger charge is -2.16. The number of carbonyl (C=O) groups is 1. The van der Waals surface area contributed by atoms with Crippen LogP contribution in [0.1, 0.15) is 11.1 Å². The summed E-state index contributed by atoms with van der Waals surface area (Å²) in [5, 5.41) is 3.44. The van der Waals surface area contributed by atoms with Crippen molar-refractivity contribution >= 4 is 39.0 Å². The van der Waals surface area contributed by atoms with Crippen LogP contribution in [0.25, 0.3) is 16.9 Å². The van der Waals surface area contributed by atoms with Crippen LogP contribution in [0.5, 0.6) is 5.75 Å². The Bertz CT molecular complexity index is 1280. The molecule has 0 aliphatic heterocycles. The van der Waals surface area contributed by atoms with Gasteiger partial charge in [-0.2, -0.15) is 0 Å². The molecule has 0 unspecified atom stereocenters. The number of hydrogen-bond acceptors (Lipinski definition) is 4. The zero-order chi connectivity index (χ0) is 22.1. The molecule has 0 fully saturated rings. The number of primary amides is 1. The van der Waals surface area contributed by atoms with Gasteiger partial charge in [0.1, 0.15) is 28.7 Å². The summed E-state index contributed by atoms with van der Waals surface area (Å²) in [6.07, 6.45) is 1.38. The Morgan fingerprint density at radius 3 is 2.58 bits per heavy atom. The van der Waals surface area contributed by atoms with Crippen molar-refractivity contribution in [1.82, 2.24) is 9.38 Å². The highest BCUT2D eigenvalue weighted by molar-refractivity contribution is 9.10. The van der Waals surface area contributed by atoms with Crippen molar-refractivity contribution < 1.29 is 13.9 Å². The summed E-state index contributed by atoms with van der Waals surface area (Å²) in [6, 6.07) is 14.3. The molecule has 0 saturated carbocycles. The lowest BCUT2D eigenvalue weighted by atomic mass is 10.1. The van der Waals surface area contributed by atoms with Gasteiger partial charge in [-0.15, -0.1) is 0 Å². The second-order valence-electron chi connectivity index (χ2n) is 7.14. The molecule has 6 nitrogen and oxygen atoms in total. The zero-order valence-corrected chi connectivity index (χ0v) is 18.5. The minimum Gasteiger partial charge on any atom is -0.483 e. The van der Waals surface area contributed by atoms with Crippen LogP contribution in [0.15, 0.2) is 59.2 Å². The molecule has 31 heavy (non-hydrogen) atoms. The summed E-state index contributed by atoms with van der Waals surface area (Å²) in [6.45, 7) is 3.72. The number of para-hydroxylation sites is 1. The summed E-state index contributed by atoms with van der Waals surface area (Å²) in [7, 11) is 0. The monoisotopic (exact) mass is 482 g/mol. The first-order valence-corrected chi connectivity index (χ1v) is 10.4. The Kier molecular flexibility index (Phi) is 5.65. The third-order valence-electron chi connectivity index (χ3n) is 4.89. The van der Waals surface area contributed by atoms with Crippen LogP contribution in [0.4, 0.5) is 15.9 Å². The van der Waals surface area contributed by atoms with E-state index in [1.165, 1.54) is 12.3 Å². The van der Waals surface area contributed by atoms with Crippen molar-refractivity contribution in [3.8, 4) is 17.0 Å². The molecule has 8 heteroatoms. The van der Waals surface area contributed by atoms with Gasteiger partial charge in [0, 0.05) is 16.4 Å². The quantitative estimate of drug-likeness (QED) is 0.399. The number of pyridine rings is 1. The van der Waals surface area contributed by atoms with Gasteiger partial charge in [0.25, 0.3) is 5.91 Å². The van der Waals surface area contributed by atoms with E-state index in [4.69, 9.17) is 15.5 Å². The van der Waals surface area contributed by atoms with Crippen molar-refractivity contribution in [1.29, 1.82) is 0 Å². The summed E-state index contributed by atoms with van der Waals surface area (Å²) in [5.74, 6) is 0.0274. The van der Waals surface area contributed by atoms with Crippen LogP contribution in [0.2, 0.25) is 0 Å². The molecule has 2 heterocycles. The Balaban J connectivity index is 1.96. The number of halogens is 2. The van der Waals surface area contributed by atoms with Crippen LogP contribution < -0.4 is 15.8 Å². The number of aryl methyl sites for hydroxylation is 2. The number of ether oxygens (including phenoxy) is 1. The highest BCUT2D eigenvalue weighted by Crippen LogP contribution is 2.41. The van der Waals surface area contributed by atoms with E-state index in [0.29, 0.717) is 32.9 Å². The highest BCUT2D eigenvalue weighted by Gasteiger charge is 2.22. The van der Waals surface area contributed by atoms with E-state index in [-0.39, 0.29) is 6.61 Å². The number of fused-ring (bicyclic) bond motifs is 1. The minimum absolute atomic E-state index is 0.273. The number of benzene rings is 2. The van der Waals surface area contributed by atoms with Crippen molar-refractivity contribution in [3.63, 3.8) is 0 Å². The molecule has 4 aromatic rings. The van der Waals surface area contributed by atoms with Gasteiger partial charge < -0.3 is 15.8 Å². The standard InChI is InChI=1S/C23H20BrFN4O2/c1-13-5-3-6-14(2)21(13)28-23-22(27-19-10-9-15(25)11-29(19)23)20-16(24)7-4-8-17(20)31-12-18(26)30/h3-11,28H,12H2,1-2H3,(H2,26,30). The van der Waals surface area contributed by atoms with E-state index >= 15 is 0 Å². The molecule has 0 atom stereocenters. The number of carbonyl (C=O) groups excluding carboxylic acids is 1. The Morgan fingerprint density at radius 1 is 1.16 bits per heavy atom. The fourth-order valence-electron chi connectivity index (χ4n) is 3.45. The number of anilines is 2. The van der Waals surface area contributed by atoms with Crippen LogP contribution in [0.3, 0.4) is 0 Å². The minimum atomic E-state index is -0.586. The smallest absolute Gasteiger partial charge is 0.255 e. The molecule has 0 aliphatic rings. The highest BCUT2D eigenvalue weighted by atomic mass is 79.9. The number of nitrogens with zero attached hydrogens (tertiary/aromatic N) is 2. The lowest BCUT2D eigenvalue weighted by Crippen LogP contribution is -2.20. The number of nitrogens with one attached hydrogen (secondary N) is 1. The maximum Gasteiger partial charge on any atom is 0.255 e. The lowest BCUT2D eigenvalue weighted by molar-refractivity contribution is -0.119. The molecular weight excluding hydrogens is 463 g/mol.